The number of carbonyl (C=O) groups excluding carboxylic acids is 1. The Balaban J connectivity index is 2.12. The number of aliphatic hydroxyl groups is 1. The molecule has 0 saturated heterocycles. The number of methoxy groups -OCH3 is 2. The Morgan fingerprint density at radius 3 is 2.45 bits per heavy atom. The van der Waals surface area contributed by atoms with Gasteiger partial charge in [0.05, 0.1) is 14.2 Å². The molecule has 2 aromatic rings. The molecule has 6 nitrogen and oxygen atoms in total. The number of hydrogen-bond donors (Lipinski definition) is 1. The van der Waals surface area contributed by atoms with Crippen LogP contribution in [-0.4, -0.2) is 49.5 Å². The standard InChI is InChI=1S/C23H31NO5/c1-4-9-22(26)29-17-20(25)16-24(14-18-10-6-5-7-11-18)15-19-12-8-13-21(27-2)23(19)28-3/h5-8,10-13,20,25H,4,9,14-17H2,1-3H3/t20-/m1/s1. The van der Waals surface area contributed by atoms with Gasteiger partial charge in [0.25, 0.3) is 0 Å². The van der Waals surface area contributed by atoms with Crippen molar-refractivity contribution in [3.05, 3.63) is 59.7 Å². The summed E-state index contributed by atoms with van der Waals surface area (Å²) in [5, 5.41) is 10.4. The zero-order chi connectivity index (χ0) is 21.1. The Bertz CT molecular complexity index is 750. The quantitative estimate of drug-likeness (QED) is 0.550. The number of esters is 1. The maximum atomic E-state index is 11.6. The Labute approximate surface area is 173 Å². The third-order valence-corrected chi connectivity index (χ3v) is 4.49. The highest BCUT2D eigenvalue weighted by Crippen LogP contribution is 2.31. The molecule has 0 heterocycles. The van der Waals surface area contributed by atoms with E-state index in [1.807, 2.05) is 55.5 Å². The Morgan fingerprint density at radius 1 is 1.03 bits per heavy atom. The minimum absolute atomic E-state index is 0.0145. The first-order chi connectivity index (χ1) is 14.1. The fourth-order valence-corrected chi connectivity index (χ4v) is 3.16. The summed E-state index contributed by atoms with van der Waals surface area (Å²) in [4.78, 5) is 13.7. The second-order valence-electron chi connectivity index (χ2n) is 6.89. The molecule has 0 amide bonds. The van der Waals surface area contributed by atoms with Crippen LogP contribution in [0.3, 0.4) is 0 Å². The number of benzene rings is 2. The molecule has 0 aliphatic rings. The predicted octanol–water partition coefficient (Wildman–Crippen LogP) is 3.41. The zero-order valence-corrected chi connectivity index (χ0v) is 17.5. The van der Waals surface area contributed by atoms with Crippen molar-refractivity contribution in [2.75, 3.05) is 27.4 Å². The van der Waals surface area contributed by atoms with E-state index in [2.05, 4.69) is 4.90 Å². The minimum atomic E-state index is -0.781. The number of hydrogen-bond acceptors (Lipinski definition) is 6. The Kier molecular flexibility index (Phi) is 9.47. The van der Waals surface area contributed by atoms with Crippen molar-refractivity contribution in [1.82, 2.24) is 4.90 Å². The topological polar surface area (TPSA) is 68.2 Å². The lowest BCUT2D eigenvalue weighted by molar-refractivity contribution is -0.147. The fourth-order valence-electron chi connectivity index (χ4n) is 3.16. The van der Waals surface area contributed by atoms with Gasteiger partial charge in [-0.1, -0.05) is 49.4 Å². The van der Waals surface area contributed by atoms with E-state index < -0.39 is 6.10 Å². The molecule has 2 rings (SSSR count). The average molecular weight is 402 g/mol. The van der Waals surface area contributed by atoms with Crippen LogP contribution in [-0.2, 0) is 22.6 Å². The van der Waals surface area contributed by atoms with E-state index in [9.17, 15) is 9.90 Å². The first-order valence-electron chi connectivity index (χ1n) is 9.87. The second-order valence-corrected chi connectivity index (χ2v) is 6.89. The van der Waals surface area contributed by atoms with Crippen molar-refractivity contribution in [2.24, 2.45) is 0 Å². The van der Waals surface area contributed by atoms with Crippen LogP contribution >= 0.6 is 0 Å². The highest BCUT2D eigenvalue weighted by molar-refractivity contribution is 5.69. The third-order valence-electron chi connectivity index (χ3n) is 4.49. The zero-order valence-electron chi connectivity index (χ0n) is 17.5. The van der Waals surface area contributed by atoms with Gasteiger partial charge in [-0.3, -0.25) is 9.69 Å². The van der Waals surface area contributed by atoms with E-state index >= 15 is 0 Å². The summed E-state index contributed by atoms with van der Waals surface area (Å²) >= 11 is 0. The average Bonchev–Trinajstić information content (AvgIpc) is 2.73. The van der Waals surface area contributed by atoms with Crippen molar-refractivity contribution in [3.8, 4) is 11.5 Å². The number of carbonyl (C=O) groups is 1. The SMILES string of the molecule is CCCC(=O)OC[C@H](O)CN(Cc1ccccc1)Cc1cccc(OC)c1OC. The van der Waals surface area contributed by atoms with Crippen molar-refractivity contribution >= 4 is 5.97 Å². The molecule has 1 N–H and O–H groups in total. The van der Waals surface area contributed by atoms with Gasteiger partial charge >= 0.3 is 5.97 Å². The number of rotatable bonds is 12. The normalized spacial score (nSPS) is 11.9. The van der Waals surface area contributed by atoms with Gasteiger partial charge in [0, 0.05) is 31.6 Å². The molecule has 6 heteroatoms. The maximum absolute atomic E-state index is 11.6. The molecule has 2 aromatic carbocycles. The predicted molar refractivity (Wildman–Crippen MR) is 112 cm³/mol. The molecule has 0 spiro atoms. The summed E-state index contributed by atoms with van der Waals surface area (Å²) in [6.45, 7) is 3.45. The number of aliphatic hydroxyl groups excluding tert-OH is 1. The van der Waals surface area contributed by atoms with Crippen molar-refractivity contribution in [3.63, 3.8) is 0 Å². The van der Waals surface area contributed by atoms with E-state index in [4.69, 9.17) is 14.2 Å². The summed E-state index contributed by atoms with van der Waals surface area (Å²) in [5.41, 5.74) is 2.09. The molecular weight excluding hydrogens is 370 g/mol. The smallest absolute Gasteiger partial charge is 0.305 e. The molecule has 0 aliphatic heterocycles. The summed E-state index contributed by atoms with van der Waals surface area (Å²) in [6.07, 6.45) is 0.308. The van der Waals surface area contributed by atoms with Gasteiger partial charge in [-0.25, -0.2) is 0 Å². The van der Waals surface area contributed by atoms with Gasteiger partial charge in [-0.2, -0.15) is 0 Å². The van der Waals surface area contributed by atoms with E-state index in [0.717, 1.165) is 17.5 Å². The first-order valence-corrected chi connectivity index (χ1v) is 9.87. The molecule has 0 radical (unpaired) electrons. The van der Waals surface area contributed by atoms with E-state index in [1.54, 1.807) is 14.2 Å². The number of ether oxygens (including phenoxy) is 3. The molecule has 1 atom stereocenters. The number of para-hydroxylation sites is 1. The van der Waals surface area contributed by atoms with Crippen LogP contribution in [0.2, 0.25) is 0 Å². The molecular formula is C23H31NO5. The van der Waals surface area contributed by atoms with Gasteiger partial charge in [-0.05, 0) is 18.1 Å². The van der Waals surface area contributed by atoms with Crippen LogP contribution in [0.4, 0.5) is 0 Å². The highest BCUT2D eigenvalue weighted by atomic mass is 16.5. The molecule has 0 bridgehead atoms. The highest BCUT2D eigenvalue weighted by Gasteiger charge is 2.18. The number of nitrogens with zero attached hydrogens (tertiary/aromatic N) is 1. The lowest BCUT2D eigenvalue weighted by Gasteiger charge is -2.26. The summed E-state index contributed by atoms with van der Waals surface area (Å²) in [5.74, 6) is 1.06. The Morgan fingerprint density at radius 2 is 1.79 bits per heavy atom. The van der Waals surface area contributed by atoms with Crippen LogP contribution in [0.15, 0.2) is 48.5 Å². The second kappa shape index (κ2) is 12.1. The third kappa shape index (κ3) is 7.40. The monoisotopic (exact) mass is 401 g/mol. The molecule has 0 fully saturated rings. The van der Waals surface area contributed by atoms with Gasteiger partial charge in [0.15, 0.2) is 11.5 Å². The van der Waals surface area contributed by atoms with E-state index in [0.29, 0.717) is 37.6 Å². The summed E-state index contributed by atoms with van der Waals surface area (Å²) in [6, 6.07) is 15.8. The first kappa shape index (κ1) is 22.7. The van der Waals surface area contributed by atoms with Crippen molar-refractivity contribution in [2.45, 2.75) is 39.0 Å². The Hall–Kier alpha value is -2.57. The van der Waals surface area contributed by atoms with E-state index in [-0.39, 0.29) is 12.6 Å². The van der Waals surface area contributed by atoms with Crippen LogP contribution in [0, 0.1) is 0 Å². The lowest BCUT2D eigenvalue weighted by atomic mass is 10.1. The largest absolute Gasteiger partial charge is 0.493 e. The van der Waals surface area contributed by atoms with Gasteiger partial charge in [0.2, 0.25) is 0 Å². The van der Waals surface area contributed by atoms with Crippen molar-refractivity contribution in [1.29, 1.82) is 0 Å². The van der Waals surface area contributed by atoms with Crippen LogP contribution in [0.5, 0.6) is 11.5 Å². The lowest BCUT2D eigenvalue weighted by Crippen LogP contribution is -2.35. The van der Waals surface area contributed by atoms with Gasteiger partial charge in [0.1, 0.15) is 12.7 Å². The summed E-state index contributed by atoms with van der Waals surface area (Å²) < 4.78 is 16.1. The van der Waals surface area contributed by atoms with Gasteiger partial charge in [-0.15, -0.1) is 0 Å². The molecule has 0 saturated carbocycles. The minimum Gasteiger partial charge on any atom is -0.493 e. The van der Waals surface area contributed by atoms with E-state index in [1.165, 1.54) is 0 Å². The molecule has 0 aliphatic carbocycles. The molecule has 0 unspecified atom stereocenters. The summed E-state index contributed by atoms with van der Waals surface area (Å²) in [7, 11) is 3.22. The molecule has 158 valence electrons. The maximum Gasteiger partial charge on any atom is 0.305 e. The van der Waals surface area contributed by atoms with Crippen LogP contribution < -0.4 is 9.47 Å². The van der Waals surface area contributed by atoms with Crippen LogP contribution in [0.1, 0.15) is 30.9 Å². The van der Waals surface area contributed by atoms with Crippen molar-refractivity contribution < 1.29 is 24.1 Å². The molecule has 29 heavy (non-hydrogen) atoms. The van der Waals surface area contributed by atoms with Crippen LogP contribution in [0.25, 0.3) is 0 Å². The fraction of sp³-hybridized carbons (Fsp3) is 0.435. The van der Waals surface area contributed by atoms with Gasteiger partial charge < -0.3 is 19.3 Å². The molecule has 0 aromatic heterocycles.